The van der Waals surface area contributed by atoms with E-state index >= 15 is 0 Å². The van der Waals surface area contributed by atoms with Crippen molar-refractivity contribution in [3.05, 3.63) is 76.7 Å². The van der Waals surface area contributed by atoms with E-state index in [1.54, 1.807) is 6.07 Å². The molecule has 4 rings (SSSR count). The third-order valence-corrected chi connectivity index (χ3v) is 8.82. The zero-order valence-corrected chi connectivity index (χ0v) is 19.5. The molecule has 0 spiro atoms. The Bertz CT molecular complexity index is 1410. The fourth-order valence-corrected chi connectivity index (χ4v) is 6.43. The highest BCUT2D eigenvalue weighted by Crippen LogP contribution is 2.36. The molecule has 6 nitrogen and oxygen atoms in total. The number of halogens is 5. The van der Waals surface area contributed by atoms with Crippen LogP contribution in [0.1, 0.15) is 24.0 Å². The van der Waals surface area contributed by atoms with Crippen molar-refractivity contribution in [2.24, 2.45) is 0 Å². The van der Waals surface area contributed by atoms with Gasteiger partial charge in [-0.25, -0.2) is 25.6 Å². The number of nitrogens with one attached hydrogen (secondary N) is 1. The Morgan fingerprint density at radius 1 is 0.971 bits per heavy atom. The average molecular weight is 535 g/mol. The first kappa shape index (κ1) is 25.2. The first-order valence-electron chi connectivity index (χ1n) is 10.3. The minimum atomic E-state index is -4.62. The number of allylic oxidation sites excluding steroid dienone is 3. The standard InChI is InChI=1S/C22H19F5N2O4S2/c23-21(24)11-9-18(10-12-21)34(30,31)28-17-6-3-15-2-1-13-29(20(15)14-17)35(32,33)19-7-4-16(5-8-19)22(25,26)27/h3-11,14,28H,1-2,12-13H2. The topological polar surface area (TPSA) is 83.6 Å². The monoisotopic (exact) mass is 534 g/mol. The summed E-state index contributed by atoms with van der Waals surface area (Å²) in [6.45, 7) is 0.0372. The predicted molar refractivity (Wildman–Crippen MR) is 120 cm³/mol. The van der Waals surface area contributed by atoms with Crippen molar-refractivity contribution in [3.63, 3.8) is 0 Å². The molecule has 0 saturated carbocycles. The molecule has 0 amide bonds. The maximum absolute atomic E-state index is 13.3. The van der Waals surface area contributed by atoms with Crippen LogP contribution < -0.4 is 9.03 Å². The number of rotatable bonds is 5. The second-order valence-corrected chi connectivity index (χ2v) is 11.6. The Morgan fingerprint density at radius 3 is 2.26 bits per heavy atom. The second kappa shape index (κ2) is 8.63. The number of anilines is 2. The Kier molecular flexibility index (Phi) is 6.20. The Morgan fingerprint density at radius 2 is 1.66 bits per heavy atom. The van der Waals surface area contributed by atoms with Gasteiger partial charge >= 0.3 is 6.18 Å². The fourth-order valence-electron chi connectivity index (χ4n) is 3.79. The van der Waals surface area contributed by atoms with Crippen LogP contribution in [0.15, 0.2) is 70.5 Å². The zero-order valence-electron chi connectivity index (χ0n) is 17.9. The van der Waals surface area contributed by atoms with E-state index in [4.69, 9.17) is 0 Å². The molecular weight excluding hydrogens is 515 g/mol. The Balaban J connectivity index is 1.64. The second-order valence-electron chi connectivity index (χ2n) is 8.06. The van der Waals surface area contributed by atoms with Crippen molar-refractivity contribution in [2.45, 2.75) is 36.3 Å². The van der Waals surface area contributed by atoms with Crippen LogP contribution in [0, 0.1) is 0 Å². The van der Waals surface area contributed by atoms with Crippen molar-refractivity contribution >= 4 is 31.4 Å². The van der Waals surface area contributed by atoms with E-state index in [9.17, 15) is 38.8 Å². The van der Waals surface area contributed by atoms with Crippen LogP contribution in [0.4, 0.5) is 33.3 Å². The van der Waals surface area contributed by atoms with Crippen LogP contribution in [-0.2, 0) is 32.6 Å². The summed E-state index contributed by atoms with van der Waals surface area (Å²) in [4.78, 5) is -0.696. The molecule has 1 heterocycles. The van der Waals surface area contributed by atoms with Crippen molar-refractivity contribution in [1.82, 2.24) is 0 Å². The highest BCUT2D eigenvalue weighted by atomic mass is 32.2. The van der Waals surface area contributed by atoms with E-state index in [1.807, 2.05) is 0 Å². The molecule has 0 aromatic heterocycles. The van der Waals surface area contributed by atoms with Gasteiger partial charge in [0.15, 0.2) is 0 Å². The SMILES string of the molecule is O=S(=O)(Nc1ccc2c(c1)N(S(=O)(=O)c1ccc(C(F)(F)F)cc1)CCC2)C1=CCC(F)(F)C=C1. The first-order chi connectivity index (χ1) is 16.2. The number of alkyl halides is 5. The Labute approximate surface area is 198 Å². The van der Waals surface area contributed by atoms with E-state index in [0.717, 1.165) is 28.6 Å². The molecule has 2 aliphatic rings. The van der Waals surface area contributed by atoms with Gasteiger partial charge in [-0.1, -0.05) is 12.1 Å². The summed E-state index contributed by atoms with van der Waals surface area (Å²) in [5, 5.41) is 0. The number of sulfonamides is 2. The molecule has 1 aliphatic carbocycles. The van der Waals surface area contributed by atoms with Crippen molar-refractivity contribution < 1.29 is 38.8 Å². The highest BCUT2D eigenvalue weighted by Gasteiger charge is 2.34. The highest BCUT2D eigenvalue weighted by molar-refractivity contribution is 7.96. The lowest BCUT2D eigenvalue weighted by Crippen LogP contribution is -2.35. The zero-order chi connectivity index (χ0) is 25.6. The Hall–Kier alpha value is -2.93. The molecule has 35 heavy (non-hydrogen) atoms. The van der Waals surface area contributed by atoms with Gasteiger partial charge in [0.05, 0.1) is 26.7 Å². The van der Waals surface area contributed by atoms with Crippen LogP contribution in [-0.4, -0.2) is 29.3 Å². The normalized spacial score (nSPS) is 18.1. The van der Waals surface area contributed by atoms with E-state index < -0.39 is 44.1 Å². The summed E-state index contributed by atoms with van der Waals surface area (Å²) >= 11 is 0. The maximum Gasteiger partial charge on any atom is 0.416 e. The summed E-state index contributed by atoms with van der Waals surface area (Å²) in [6.07, 6.45) is -2.26. The van der Waals surface area contributed by atoms with E-state index in [2.05, 4.69) is 4.72 Å². The molecule has 1 aliphatic heterocycles. The van der Waals surface area contributed by atoms with Gasteiger partial charge in [-0.2, -0.15) is 13.2 Å². The maximum atomic E-state index is 13.3. The molecule has 188 valence electrons. The van der Waals surface area contributed by atoms with Gasteiger partial charge in [-0.3, -0.25) is 9.03 Å². The number of fused-ring (bicyclic) bond motifs is 1. The third kappa shape index (κ3) is 5.20. The lowest BCUT2D eigenvalue weighted by atomic mass is 10.0. The molecule has 2 aromatic carbocycles. The average Bonchev–Trinajstić information content (AvgIpc) is 2.77. The summed E-state index contributed by atoms with van der Waals surface area (Å²) in [7, 11) is -8.47. The smallest absolute Gasteiger partial charge is 0.280 e. The van der Waals surface area contributed by atoms with Crippen LogP contribution in [0.3, 0.4) is 0 Å². The molecule has 1 N–H and O–H groups in total. The van der Waals surface area contributed by atoms with Crippen LogP contribution in [0.5, 0.6) is 0 Å². The van der Waals surface area contributed by atoms with Gasteiger partial charge in [-0.15, -0.1) is 0 Å². The lowest BCUT2D eigenvalue weighted by molar-refractivity contribution is -0.137. The van der Waals surface area contributed by atoms with Gasteiger partial charge < -0.3 is 0 Å². The fraction of sp³-hybridized carbons (Fsp3) is 0.273. The van der Waals surface area contributed by atoms with Crippen LogP contribution in [0.2, 0.25) is 0 Å². The summed E-state index contributed by atoms with van der Waals surface area (Å²) in [5.74, 6) is -3.14. The van der Waals surface area contributed by atoms with Gasteiger partial charge in [0.1, 0.15) is 0 Å². The number of nitrogens with zero attached hydrogens (tertiary/aromatic N) is 1. The summed E-state index contributed by atoms with van der Waals surface area (Å²) < 4.78 is 120. The van der Waals surface area contributed by atoms with Crippen LogP contribution >= 0.6 is 0 Å². The molecule has 0 saturated heterocycles. The molecule has 0 unspecified atom stereocenters. The van der Waals surface area contributed by atoms with Gasteiger partial charge in [-0.05, 0) is 67.0 Å². The van der Waals surface area contributed by atoms with Gasteiger partial charge in [0.2, 0.25) is 0 Å². The molecule has 0 fully saturated rings. The van der Waals surface area contributed by atoms with Crippen molar-refractivity contribution in [2.75, 3.05) is 15.6 Å². The molecular formula is C22H19F5N2O4S2. The number of hydrogen-bond acceptors (Lipinski definition) is 4. The quantitative estimate of drug-likeness (QED) is 0.544. The third-order valence-electron chi connectivity index (χ3n) is 5.56. The van der Waals surface area contributed by atoms with E-state index in [0.29, 0.717) is 36.6 Å². The molecule has 2 aromatic rings. The summed E-state index contributed by atoms with van der Waals surface area (Å²) in [6, 6.07) is 7.37. The minimum absolute atomic E-state index is 0.00454. The lowest BCUT2D eigenvalue weighted by Gasteiger charge is -2.31. The predicted octanol–water partition coefficient (Wildman–Crippen LogP) is 5.07. The number of aryl methyl sites for hydroxylation is 1. The van der Waals surface area contributed by atoms with Gasteiger partial charge in [0.25, 0.3) is 26.0 Å². The van der Waals surface area contributed by atoms with Crippen molar-refractivity contribution in [1.29, 1.82) is 0 Å². The first-order valence-corrected chi connectivity index (χ1v) is 13.2. The van der Waals surface area contributed by atoms with Crippen LogP contribution in [0.25, 0.3) is 0 Å². The minimum Gasteiger partial charge on any atom is -0.280 e. The van der Waals surface area contributed by atoms with Gasteiger partial charge in [0, 0.05) is 13.0 Å². The summed E-state index contributed by atoms with van der Waals surface area (Å²) in [5.41, 5.74) is -0.205. The number of benzene rings is 2. The molecule has 0 radical (unpaired) electrons. The molecule has 0 atom stereocenters. The number of hydrogen-bond donors (Lipinski definition) is 1. The van der Waals surface area contributed by atoms with Crippen molar-refractivity contribution in [3.8, 4) is 0 Å². The molecule has 0 bridgehead atoms. The molecule has 13 heteroatoms. The van der Waals surface area contributed by atoms with E-state index in [-0.39, 0.29) is 27.7 Å². The van der Waals surface area contributed by atoms with E-state index in [1.165, 1.54) is 12.1 Å². The largest absolute Gasteiger partial charge is 0.416 e.